The van der Waals surface area contributed by atoms with Gasteiger partial charge in [0.15, 0.2) is 0 Å². The molecule has 9 heteroatoms. The largest absolute Gasteiger partial charge is 0.380 e. The molecule has 0 radical (unpaired) electrons. The van der Waals surface area contributed by atoms with Crippen LogP contribution in [0.2, 0.25) is 0 Å². The van der Waals surface area contributed by atoms with E-state index in [1.54, 1.807) is 30.3 Å². The van der Waals surface area contributed by atoms with Crippen LogP contribution in [0.3, 0.4) is 0 Å². The minimum atomic E-state index is -5.73. The average molecular weight is 466 g/mol. The van der Waals surface area contributed by atoms with E-state index in [-0.39, 0.29) is 11.3 Å². The lowest BCUT2D eigenvalue weighted by atomic mass is 9.91. The Morgan fingerprint density at radius 2 is 1.72 bits per heavy atom. The quantitative estimate of drug-likeness (QED) is 0.250. The summed E-state index contributed by atoms with van der Waals surface area (Å²) >= 11 is 1.00. The van der Waals surface area contributed by atoms with E-state index in [4.69, 9.17) is 6.57 Å². The zero-order valence-corrected chi connectivity index (χ0v) is 17.8. The van der Waals surface area contributed by atoms with Crippen molar-refractivity contribution in [1.29, 1.82) is 5.26 Å². The van der Waals surface area contributed by atoms with E-state index >= 15 is 8.78 Å². The third-order valence-corrected chi connectivity index (χ3v) is 6.32. The van der Waals surface area contributed by atoms with Gasteiger partial charge in [0, 0.05) is 20.9 Å². The normalized spacial score (nSPS) is 19.3. The van der Waals surface area contributed by atoms with Gasteiger partial charge in [-0.3, -0.25) is 0 Å². The number of allylic oxidation sites excluding steroid dienone is 4. The number of rotatable bonds is 5. The summed E-state index contributed by atoms with van der Waals surface area (Å²) in [6, 6.07) is 11.0. The van der Waals surface area contributed by atoms with Crippen molar-refractivity contribution >= 4 is 16.9 Å². The van der Waals surface area contributed by atoms with Crippen LogP contribution in [-0.4, -0.2) is 17.8 Å². The van der Waals surface area contributed by atoms with E-state index in [0.717, 1.165) is 11.3 Å². The van der Waals surface area contributed by atoms with Crippen molar-refractivity contribution in [2.75, 3.05) is 0 Å². The monoisotopic (exact) mass is 466 g/mol. The highest BCUT2D eigenvalue weighted by atomic mass is 32.1. The van der Waals surface area contributed by atoms with E-state index in [1.807, 2.05) is 0 Å². The molecule has 32 heavy (non-hydrogen) atoms. The predicted molar refractivity (Wildman–Crippen MR) is 110 cm³/mol. The molecule has 0 fully saturated rings. The Morgan fingerprint density at radius 1 is 1.09 bits per heavy atom. The van der Waals surface area contributed by atoms with Gasteiger partial charge in [0.05, 0.1) is 12.6 Å². The Bertz CT molecular complexity index is 1180. The number of aryl methyl sites for hydroxylation is 1. The Kier molecular flexibility index (Phi) is 6.01. The number of nitriles is 1. The smallest absolute Gasteiger partial charge is 0.226 e. The van der Waals surface area contributed by atoms with Gasteiger partial charge in [-0.2, -0.15) is 26.3 Å². The van der Waals surface area contributed by atoms with Crippen LogP contribution in [0, 0.1) is 24.8 Å². The van der Waals surface area contributed by atoms with E-state index < -0.39 is 52.2 Å². The van der Waals surface area contributed by atoms with Crippen LogP contribution in [-0.2, 0) is 0 Å². The van der Waals surface area contributed by atoms with Crippen molar-refractivity contribution in [3.8, 4) is 16.5 Å². The molecule has 0 atom stereocenters. The molecule has 0 bridgehead atoms. The summed E-state index contributed by atoms with van der Waals surface area (Å²) < 4.78 is 88.9. The molecule has 0 spiro atoms. The summed E-state index contributed by atoms with van der Waals surface area (Å²) in [7, 11) is 0. The topological polar surface area (TPSA) is 28.1 Å². The summed E-state index contributed by atoms with van der Waals surface area (Å²) in [5.74, 6) is -16.2. The van der Waals surface area contributed by atoms with Crippen LogP contribution < -0.4 is 0 Å². The molecular formula is C23H16F6N2S. The fourth-order valence-corrected chi connectivity index (χ4v) is 4.75. The molecule has 1 aromatic heterocycles. The van der Waals surface area contributed by atoms with Gasteiger partial charge in [-0.25, -0.2) is 10.1 Å². The summed E-state index contributed by atoms with van der Waals surface area (Å²) in [5.41, 5.74) is -4.65. The minimum absolute atomic E-state index is 0.0813. The van der Waals surface area contributed by atoms with Gasteiger partial charge < -0.3 is 0 Å². The average Bonchev–Trinajstić information content (AvgIpc) is 3.17. The van der Waals surface area contributed by atoms with Crippen molar-refractivity contribution in [3.63, 3.8) is 0 Å². The molecule has 0 N–H and O–H groups in total. The summed E-state index contributed by atoms with van der Waals surface area (Å²) in [6.07, 6.45) is -0.321. The van der Waals surface area contributed by atoms with Crippen LogP contribution in [0.15, 0.2) is 53.2 Å². The maximum atomic E-state index is 15.0. The Labute approximate surface area is 184 Å². The lowest BCUT2D eigenvalue weighted by Gasteiger charge is -2.26. The highest BCUT2D eigenvalue weighted by molar-refractivity contribution is 7.15. The molecule has 0 aliphatic heterocycles. The molecule has 1 aliphatic rings. The Morgan fingerprint density at radius 3 is 2.25 bits per heavy atom. The first-order valence-electron chi connectivity index (χ1n) is 9.51. The van der Waals surface area contributed by atoms with Crippen LogP contribution in [0.4, 0.5) is 26.3 Å². The van der Waals surface area contributed by atoms with Crippen molar-refractivity contribution < 1.29 is 26.3 Å². The Hall–Kier alpha value is -3.04. The van der Waals surface area contributed by atoms with Crippen LogP contribution in [0.25, 0.3) is 20.9 Å². The highest BCUT2D eigenvalue weighted by Crippen LogP contribution is 2.64. The molecule has 1 heterocycles. The minimum Gasteiger partial charge on any atom is -0.226 e. The van der Waals surface area contributed by atoms with Crippen molar-refractivity contribution in [3.05, 3.63) is 75.1 Å². The first-order valence-corrected chi connectivity index (χ1v) is 10.3. The maximum absolute atomic E-state index is 15.0. The molecule has 166 valence electrons. The molecular weight excluding hydrogens is 450 g/mol. The second-order valence-electron chi connectivity index (χ2n) is 7.22. The second-order valence-corrected chi connectivity index (χ2v) is 8.48. The zero-order valence-electron chi connectivity index (χ0n) is 16.9. The van der Waals surface area contributed by atoms with Crippen molar-refractivity contribution in [2.45, 2.75) is 44.5 Å². The summed E-state index contributed by atoms with van der Waals surface area (Å²) in [6.45, 7) is 9.98. The first-order chi connectivity index (χ1) is 15.0. The van der Waals surface area contributed by atoms with E-state index in [1.165, 1.54) is 26.0 Å². The summed E-state index contributed by atoms with van der Waals surface area (Å²) in [4.78, 5) is 3.42. The van der Waals surface area contributed by atoms with Gasteiger partial charge in [0.2, 0.25) is 0 Å². The lowest BCUT2D eigenvalue weighted by molar-refractivity contribution is -0.259. The third-order valence-electron chi connectivity index (χ3n) is 5.22. The van der Waals surface area contributed by atoms with Gasteiger partial charge in [-0.1, -0.05) is 43.7 Å². The number of hydrogen-bond donors (Lipinski definition) is 0. The van der Waals surface area contributed by atoms with Crippen molar-refractivity contribution in [2.24, 2.45) is 0 Å². The van der Waals surface area contributed by atoms with Crippen LogP contribution in [0.5, 0.6) is 0 Å². The number of hydrogen-bond acceptors (Lipinski definition) is 2. The molecule has 3 rings (SSSR count). The fraction of sp³-hybridized carbons (Fsp3) is 0.304. The van der Waals surface area contributed by atoms with Gasteiger partial charge in [-0.15, -0.1) is 11.3 Å². The number of nitrogens with zero attached hydrogens (tertiary/aromatic N) is 2. The maximum Gasteiger partial charge on any atom is 0.380 e. The SMILES string of the molecule is [C-]#[N+]/C(C#N)=C(/CCC)C1=C(c2cc(-c3ccccc3)sc2C)C(F)(F)C(F)(F)C1(F)F. The molecule has 2 aromatic rings. The van der Waals surface area contributed by atoms with Gasteiger partial charge in [-0.05, 0) is 36.1 Å². The zero-order chi connectivity index (χ0) is 23.9. The Balaban J connectivity index is 2.44. The van der Waals surface area contributed by atoms with Gasteiger partial charge in [0.1, 0.15) is 0 Å². The fourth-order valence-electron chi connectivity index (χ4n) is 3.72. The summed E-state index contributed by atoms with van der Waals surface area (Å²) in [5, 5.41) is 9.22. The van der Waals surface area contributed by atoms with Gasteiger partial charge in [0.25, 0.3) is 5.70 Å². The van der Waals surface area contributed by atoms with Crippen LogP contribution in [0.1, 0.15) is 30.2 Å². The highest BCUT2D eigenvalue weighted by Gasteiger charge is 2.80. The first kappa shape index (κ1) is 23.6. The van der Waals surface area contributed by atoms with E-state index in [9.17, 15) is 22.8 Å². The number of halogens is 6. The molecule has 0 unspecified atom stereocenters. The lowest BCUT2D eigenvalue weighted by Crippen LogP contribution is -2.49. The standard InChI is InChI=1S/C23H16F6N2S/c1-4-8-15(17(12-30)31-3)19-20(22(26,27)23(28,29)21(19,24)25)16-11-18(32-13(16)2)14-9-6-5-7-10-14/h5-7,9-11H,4,8H2,1-2H3/b17-15-. The number of benzene rings is 1. The molecule has 1 aromatic carbocycles. The van der Waals surface area contributed by atoms with E-state index in [2.05, 4.69) is 4.85 Å². The molecule has 2 nitrogen and oxygen atoms in total. The van der Waals surface area contributed by atoms with Crippen molar-refractivity contribution in [1.82, 2.24) is 0 Å². The van der Waals surface area contributed by atoms with Crippen LogP contribution >= 0.6 is 11.3 Å². The molecule has 0 saturated heterocycles. The van der Waals surface area contributed by atoms with E-state index in [0.29, 0.717) is 10.4 Å². The predicted octanol–water partition coefficient (Wildman–Crippen LogP) is 7.89. The number of alkyl halides is 6. The number of thiophene rings is 1. The molecule has 1 aliphatic carbocycles. The van der Waals surface area contributed by atoms with Gasteiger partial charge >= 0.3 is 17.8 Å². The molecule has 0 amide bonds. The second kappa shape index (κ2) is 8.14. The molecule has 0 saturated carbocycles. The third kappa shape index (κ3) is 3.32.